The molecule has 1 fully saturated rings. The van der Waals surface area contributed by atoms with E-state index in [1.165, 1.54) is 30.2 Å². The van der Waals surface area contributed by atoms with Crippen molar-refractivity contribution < 1.29 is 9.42 Å². The maximum absolute atomic E-state index is 12.9. The molecule has 0 radical (unpaired) electrons. The average Bonchev–Trinajstić information content (AvgIpc) is 3.45. The van der Waals surface area contributed by atoms with Gasteiger partial charge in [-0.25, -0.2) is 10.1 Å². The number of nitrogen functional groups attached to an aromatic ring is 1. The Balaban J connectivity index is 1.51. The molecule has 0 saturated heterocycles. The summed E-state index contributed by atoms with van der Waals surface area (Å²) in [5.74, 6) is -0.215. The van der Waals surface area contributed by atoms with Crippen molar-refractivity contribution in [1.82, 2.24) is 35.6 Å². The van der Waals surface area contributed by atoms with Crippen LogP contribution < -0.4 is 11.2 Å². The number of carbonyl (C=O) groups excluding carboxylic acids is 1. The number of amides is 1. The normalized spacial score (nSPS) is 15.1. The van der Waals surface area contributed by atoms with Crippen LogP contribution in [0.4, 0.5) is 5.82 Å². The molecule has 11 heteroatoms. The van der Waals surface area contributed by atoms with Gasteiger partial charge in [0, 0.05) is 18.8 Å². The van der Waals surface area contributed by atoms with Gasteiger partial charge in [-0.1, -0.05) is 60.9 Å². The van der Waals surface area contributed by atoms with Gasteiger partial charge in [-0.3, -0.25) is 9.69 Å². The first-order chi connectivity index (χ1) is 16.1. The molecule has 3 aromatic rings. The van der Waals surface area contributed by atoms with Crippen LogP contribution in [0, 0.1) is 0 Å². The lowest BCUT2D eigenvalue weighted by Gasteiger charge is -2.31. The topological polar surface area (TPSA) is 140 Å². The fourth-order valence-electron chi connectivity index (χ4n) is 3.93. The third-order valence-electron chi connectivity index (χ3n) is 5.69. The van der Waals surface area contributed by atoms with Crippen molar-refractivity contribution in [2.24, 2.45) is 5.10 Å². The van der Waals surface area contributed by atoms with Gasteiger partial charge in [-0.2, -0.15) is 9.78 Å². The highest BCUT2D eigenvalue weighted by atomic mass is 16.6. The number of nitrogens with two attached hydrogens (primary N) is 1. The molecule has 172 valence electrons. The van der Waals surface area contributed by atoms with Gasteiger partial charge in [0.05, 0.1) is 5.69 Å². The molecule has 4 rings (SSSR count). The number of anilines is 1. The van der Waals surface area contributed by atoms with Crippen molar-refractivity contribution >= 4 is 24.0 Å². The smallest absolute Gasteiger partial charge is 0.293 e. The minimum atomic E-state index is -0.479. The lowest BCUT2D eigenvalue weighted by atomic mass is 9.94. The maximum Gasteiger partial charge on any atom is 0.293 e. The van der Waals surface area contributed by atoms with Crippen LogP contribution in [0.5, 0.6) is 0 Å². The number of allylic oxidation sites excluding steroid dienone is 1. The Labute approximate surface area is 191 Å². The summed E-state index contributed by atoms with van der Waals surface area (Å²) in [4.78, 5) is 15.1. The third-order valence-corrected chi connectivity index (χ3v) is 5.69. The van der Waals surface area contributed by atoms with Crippen molar-refractivity contribution in [2.75, 3.05) is 12.8 Å². The van der Waals surface area contributed by atoms with Gasteiger partial charge in [-0.05, 0) is 41.8 Å². The first kappa shape index (κ1) is 22.3. The molecule has 0 spiro atoms. The van der Waals surface area contributed by atoms with Crippen molar-refractivity contribution in [3.05, 3.63) is 53.4 Å². The van der Waals surface area contributed by atoms with Crippen molar-refractivity contribution in [2.45, 2.75) is 44.7 Å². The second-order valence-corrected chi connectivity index (χ2v) is 7.97. The average molecular weight is 450 g/mol. The molecule has 1 aromatic carbocycles. The van der Waals surface area contributed by atoms with Crippen LogP contribution >= 0.6 is 0 Å². The molecule has 0 unspecified atom stereocenters. The quantitative estimate of drug-likeness (QED) is 0.395. The number of hydrazone groups is 1. The molecule has 11 nitrogen and oxygen atoms in total. The van der Waals surface area contributed by atoms with E-state index in [9.17, 15) is 4.79 Å². The first-order valence-electron chi connectivity index (χ1n) is 10.9. The van der Waals surface area contributed by atoms with Crippen LogP contribution in [0.15, 0.2) is 46.1 Å². The van der Waals surface area contributed by atoms with Gasteiger partial charge in [-0.15, -0.1) is 5.10 Å². The zero-order valence-electron chi connectivity index (χ0n) is 18.5. The standard InChI is InChI=1S/C22H27N9O2/c1-30(17-12-6-3-7-13-17)15-18-19(25-29-31(18)21-20(23)27-33-28-21)22(32)26-24-14-8-11-16-9-4-2-5-10-16/h2,4-5,8-11,14,17H,3,6-7,12-13,15H2,1H3,(H2,23,27)(H,26,32)/b11-8+,24-14+. The van der Waals surface area contributed by atoms with Crippen molar-refractivity contribution in [3.63, 3.8) is 0 Å². The molecule has 1 amide bonds. The molecule has 3 N–H and O–H groups in total. The second-order valence-electron chi connectivity index (χ2n) is 7.97. The minimum Gasteiger partial charge on any atom is -0.378 e. The number of rotatable bonds is 8. The predicted molar refractivity (Wildman–Crippen MR) is 123 cm³/mol. The van der Waals surface area contributed by atoms with Crippen LogP contribution in [-0.2, 0) is 6.54 Å². The molecule has 1 aliphatic rings. The van der Waals surface area contributed by atoms with Crippen LogP contribution in [0.25, 0.3) is 11.9 Å². The van der Waals surface area contributed by atoms with Crippen molar-refractivity contribution in [3.8, 4) is 5.82 Å². The fourth-order valence-corrected chi connectivity index (χ4v) is 3.93. The molecule has 33 heavy (non-hydrogen) atoms. The number of carbonyl (C=O) groups is 1. The summed E-state index contributed by atoms with van der Waals surface area (Å²) in [5, 5.41) is 19.6. The molecule has 0 aliphatic heterocycles. The Morgan fingerprint density at radius 1 is 1.27 bits per heavy atom. The Morgan fingerprint density at radius 3 is 2.79 bits per heavy atom. The molecule has 0 atom stereocenters. The zero-order valence-corrected chi connectivity index (χ0v) is 18.5. The molecular formula is C22H27N9O2. The summed E-state index contributed by atoms with van der Waals surface area (Å²) in [6.45, 7) is 0.435. The van der Waals surface area contributed by atoms with Crippen molar-refractivity contribution in [1.29, 1.82) is 0 Å². The van der Waals surface area contributed by atoms with E-state index < -0.39 is 5.91 Å². The van der Waals surface area contributed by atoms with Gasteiger partial charge < -0.3 is 5.73 Å². The largest absolute Gasteiger partial charge is 0.378 e. The summed E-state index contributed by atoms with van der Waals surface area (Å²) in [6, 6.07) is 10.2. The monoisotopic (exact) mass is 449 g/mol. The van der Waals surface area contributed by atoms with Crippen LogP contribution in [-0.4, -0.2) is 55.4 Å². The van der Waals surface area contributed by atoms with E-state index in [2.05, 4.69) is 36.1 Å². The summed E-state index contributed by atoms with van der Waals surface area (Å²) < 4.78 is 6.12. The number of nitrogens with zero attached hydrogens (tertiary/aromatic N) is 7. The fraction of sp³-hybridized carbons (Fsp3) is 0.364. The summed E-state index contributed by atoms with van der Waals surface area (Å²) >= 11 is 0. The Hall–Kier alpha value is -3.86. The number of hydrogen-bond donors (Lipinski definition) is 2. The molecular weight excluding hydrogens is 422 g/mol. The lowest BCUT2D eigenvalue weighted by Crippen LogP contribution is -2.34. The van der Waals surface area contributed by atoms with Crippen LogP contribution in [0.3, 0.4) is 0 Å². The van der Waals surface area contributed by atoms with Gasteiger partial charge in [0.15, 0.2) is 5.69 Å². The summed E-state index contributed by atoms with van der Waals surface area (Å²) in [7, 11) is 2.03. The highest BCUT2D eigenvalue weighted by molar-refractivity contribution is 5.94. The van der Waals surface area contributed by atoms with E-state index in [0.717, 1.165) is 18.4 Å². The molecule has 2 heterocycles. The highest BCUT2D eigenvalue weighted by Crippen LogP contribution is 2.24. The number of aromatic nitrogens is 5. The minimum absolute atomic E-state index is 0.0671. The van der Waals surface area contributed by atoms with E-state index in [-0.39, 0.29) is 17.3 Å². The van der Waals surface area contributed by atoms with Crippen LogP contribution in [0.2, 0.25) is 0 Å². The predicted octanol–water partition coefficient (Wildman–Crippen LogP) is 2.43. The molecule has 0 bridgehead atoms. The number of hydrogen-bond acceptors (Lipinski definition) is 9. The van der Waals surface area contributed by atoms with Gasteiger partial charge in [0.1, 0.15) is 0 Å². The maximum atomic E-state index is 12.9. The van der Waals surface area contributed by atoms with E-state index in [1.807, 2.05) is 43.5 Å². The number of nitrogens with one attached hydrogen (secondary N) is 1. The van der Waals surface area contributed by atoms with Gasteiger partial charge in [0.2, 0.25) is 11.6 Å². The van der Waals surface area contributed by atoms with Crippen LogP contribution in [0.1, 0.15) is 53.8 Å². The molecule has 1 aliphatic carbocycles. The number of benzene rings is 1. The zero-order chi connectivity index (χ0) is 23.0. The molecule has 2 aromatic heterocycles. The Bertz CT molecular complexity index is 1110. The van der Waals surface area contributed by atoms with E-state index >= 15 is 0 Å². The second kappa shape index (κ2) is 10.6. The SMILES string of the molecule is CN(Cc1c(C(=O)N/N=C/C=C/c2ccccc2)nnn1-c1nonc1N)C1CCCCC1. The van der Waals surface area contributed by atoms with E-state index in [4.69, 9.17) is 10.4 Å². The third kappa shape index (κ3) is 5.50. The summed E-state index contributed by atoms with van der Waals surface area (Å²) in [5.41, 5.74) is 10.1. The Kier molecular flexibility index (Phi) is 7.20. The highest BCUT2D eigenvalue weighted by Gasteiger charge is 2.27. The van der Waals surface area contributed by atoms with E-state index in [1.54, 1.807) is 6.08 Å². The lowest BCUT2D eigenvalue weighted by molar-refractivity contribution is 0.0947. The van der Waals surface area contributed by atoms with E-state index in [0.29, 0.717) is 18.3 Å². The molecule has 1 saturated carbocycles. The van der Waals surface area contributed by atoms with Gasteiger partial charge >= 0.3 is 0 Å². The summed E-state index contributed by atoms with van der Waals surface area (Å²) in [6.07, 6.45) is 11.0. The first-order valence-corrected chi connectivity index (χ1v) is 10.9. The Morgan fingerprint density at radius 2 is 2.06 bits per heavy atom. The van der Waals surface area contributed by atoms with Gasteiger partial charge in [0.25, 0.3) is 5.91 Å².